The van der Waals surface area contributed by atoms with Crippen LogP contribution < -0.4 is 9.62 Å². The highest BCUT2D eigenvalue weighted by Gasteiger charge is 2.33. The normalized spacial score (nSPS) is 12.1. The van der Waals surface area contributed by atoms with Crippen LogP contribution in [0.2, 0.25) is 20.1 Å². The van der Waals surface area contributed by atoms with Gasteiger partial charge in [0.05, 0.1) is 25.7 Å². The summed E-state index contributed by atoms with van der Waals surface area (Å²) in [5, 5.41) is 3.80. The fraction of sp³-hybridized carbons (Fsp3) is 0.286. The van der Waals surface area contributed by atoms with Crippen LogP contribution in [0.25, 0.3) is 0 Å². The molecular formula is C28H29Cl4N3O4S. The van der Waals surface area contributed by atoms with Crippen LogP contribution in [0.1, 0.15) is 32.3 Å². The Balaban J connectivity index is 2.03. The lowest BCUT2D eigenvalue weighted by Gasteiger charge is -2.32. The van der Waals surface area contributed by atoms with Crippen molar-refractivity contribution in [3.8, 4) is 0 Å². The Labute approximate surface area is 255 Å². The van der Waals surface area contributed by atoms with Gasteiger partial charge in [-0.2, -0.15) is 0 Å². The monoisotopic (exact) mass is 643 g/mol. The van der Waals surface area contributed by atoms with Crippen molar-refractivity contribution in [3.05, 3.63) is 92.4 Å². The van der Waals surface area contributed by atoms with Crippen molar-refractivity contribution < 1.29 is 18.0 Å². The second-order valence-corrected chi connectivity index (χ2v) is 12.5. The second kappa shape index (κ2) is 14.4. The molecule has 1 N–H and O–H groups in total. The smallest absolute Gasteiger partial charge is 0.264 e. The van der Waals surface area contributed by atoms with E-state index in [1.807, 2.05) is 6.92 Å². The van der Waals surface area contributed by atoms with E-state index in [2.05, 4.69) is 5.32 Å². The van der Waals surface area contributed by atoms with Gasteiger partial charge in [0.2, 0.25) is 11.8 Å². The van der Waals surface area contributed by atoms with Gasteiger partial charge in [-0.1, -0.05) is 84.0 Å². The van der Waals surface area contributed by atoms with Crippen LogP contribution in [-0.4, -0.2) is 44.3 Å². The van der Waals surface area contributed by atoms with Gasteiger partial charge in [0, 0.05) is 18.1 Å². The number of sulfonamides is 1. The van der Waals surface area contributed by atoms with Crippen LogP contribution in [0.15, 0.2) is 71.6 Å². The Hall–Kier alpha value is -2.49. The van der Waals surface area contributed by atoms with Crippen molar-refractivity contribution >= 4 is 73.9 Å². The van der Waals surface area contributed by atoms with E-state index in [0.29, 0.717) is 22.2 Å². The summed E-state index contributed by atoms with van der Waals surface area (Å²) in [6, 6.07) is 15.9. The van der Waals surface area contributed by atoms with Gasteiger partial charge in [-0.25, -0.2) is 8.42 Å². The Morgan fingerprint density at radius 1 is 0.900 bits per heavy atom. The fourth-order valence-electron chi connectivity index (χ4n) is 3.87. The molecule has 3 rings (SSSR count). The number of carbonyl (C=O) groups excluding carboxylic acids is 2. The lowest BCUT2D eigenvalue weighted by Crippen LogP contribution is -2.51. The van der Waals surface area contributed by atoms with Gasteiger partial charge in [-0.15, -0.1) is 0 Å². The molecule has 12 heteroatoms. The fourth-order valence-corrected chi connectivity index (χ4v) is 6.21. The van der Waals surface area contributed by atoms with Gasteiger partial charge < -0.3 is 10.2 Å². The summed E-state index contributed by atoms with van der Waals surface area (Å²) in [5.41, 5.74) is 0.677. The van der Waals surface area contributed by atoms with E-state index in [0.717, 1.165) is 17.1 Å². The first kappa shape index (κ1) is 32.0. The van der Waals surface area contributed by atoms with Crippen molar-refractivity contribution in [3.63, 3.8) is 0 Å². The number of nitrogens with zero attached hydrogens (tertiary/aromatic N) is 2. The molecule has 0 saturated heterocycles. The average molecular weight is 645 g/mol. The van der Waals surface area contributed by atoms with E-state index < -0.39 is 28.5 Å². The molecule has 0 saturated carbocycles. The topological polar surface area (TPSA) is 86.8 Å². The highest BCUT2D eigenvalue weighted by Crippen LogP contribution is 2.33. The molecule has 2 amide bonds. The Morgan fingerprint density at radius 2 is 1.60 bits per heavy atom. The molecule has 0 heterocycles. The van der Waals surface area contributed by atoms with E-state index in [4.69, 9.17) is 46.4 Å². The first-order chi connectivity index (χ1) is 18.9. The highest BCUT2D eigenvalue weighted by atomic mass is 35.5. The number of nitrogens with one attached hydrogen (secondary N) is 1. The van der Waals surface area contributed by atoms with E-state index >= 15 is 0 Å². The number of unbranched alkanes of at least 4 members (excludes halogenated alkanes) is 1. The van der Waals surface area contributed by atoms with E-state index in [1.54, 1.807) is 43.3 Å². The third kappa shape index (κ3) is 8.04. The number of carbonyl (C=O) groups is 2. The molecule has 1 atom stereocenters. The molecule has 3 aromatic carbocycles. The first-order valence-electron chi connectivity index (χ1n) is 12.5. The molecule has 0 aromatic heterocycles. The third-order valence-electron chi connectivity index (χ3n) is 6.12. The summed E-state index contributed by atoms with van der Waals surface area (Å²) in [5.74, 6) is -1.00. The zero-order valence-electron chi connectivity index (χ0n) is 21.9. The van der Waals surface area contributed by atoms with Crippen LogP contribution in [0.5, 0.6) is 0 Å². The largest absolute Gasteiger partial charge is 0.354 e. The van der Waals surface area contributed by atoms with Gasteiger partial charge in [-0.3, -0.25) is 13.9 Å². The standard InChI is InChI=1S/C28H29Cl4N3O4S/c1-3-4-14-33-28(37)19(2)34(17-20-10-12-23(30)24(31)15-20)27(36)18-35(26-13-11-21(29)16-25(26)32)40(38,39)22-8-6-5-7-9-22/h5-13,15-16,19H,3-4,14,17-18H2,1-2H3,(H,33,37). The zero-order chi connectivity index (χ0) is 29.4. The van der Waals surface area contributed by atoms with E-state index in [1.165, 1.54) is 35.2 Å². The average Bonchev–Trinajstić information content (AvgIpc) is 2.92. The third-order valence-corrected chi connectivity index (χ3v) is 9.17. The molecule has 1 unspecified atom stereocenters. The van der Waals surface area contributed by atoms with Crippen LogP contribution in [0, 0.1) is 0 Å². The Kier molecular flexibility index (Phi) is 11.5. The van der Waals surface area contributed by atoms with Gasteiger partial charge >= 0.3 is 0 Å². The molecule has 0 radical (unpaired) electrons. The summed E-state index contributed by atoms with van der Waals surface area (Å²) in [6.45, 7) is 3.38. The number of anilines is 1. The van der Waals surface area contributed by atoms with E-state index in [9.17, 15) is 18.0 Å². The predicted octanol–water partition coefficient (Wildman–Crippen LogP) is 6.83. The number of halogens is 4. The summed E-state index contributed by atoms with van der Waals surface area (Å²) < 4.78 is 28.5. The molecule has 7 nitrogen and oxygen atoms in total. The first-order valence-corrected chi connectivity index (χ1v) is 15.4. The van der Waals surface area contributed by atoms with Crippen LogP contribution in [0.4, 0.5) is 5.69 Å². The van der Waals surface area contributed by atoms with Crippen molar-refractivity contribution in [1.82, 2.24) is 10.2 Å². The maximum absolute atomic E-state index is 13.9. The molecule has 0 fully saturated rings. The van der Waals surface area contributed by atoms with Crippen LogP contribution >= 0.6 is 46.4 Å². The molecule has 3 aromatic rings. The molecule has 40 heavy (non-hydrogen) atoms. The quantitative estimate of drug-likeness (QED) is 0.219. The lowest BCUT2D eigenvalue weighted by molar-refractivity contribution is -0.139. The molecule has 0 aliphatic carbocycles. The number of rotatable bonds is 12. The van der Waals surface area contributed by atoms with Crippen LogP contribution in [0.3, 0.4) is 0 Å². The van der Waals surface area contributed by atoms with Gasteiger partial charge in [0.1, 0.15) is 12.6 Å². The molecule has 0 bridgehead atoms. The van der Waals surface area contributed by atoms with Crippen molar-refractivity contribution in [2.24, 2.45) is 0 Å². The van der Waals surface area contributed by atoms with Gasteiger partial charge in [0.15, 0.2) is 0 Å². The molecular weight excluding hydrogens is 616 g/mol. The minimum Gasteiger partial charge on any atom is -0.354 e. The Bertz CT molecular complexity index is 1460. The minimum atomic E-state index is -4.25. The lowest BCUT2D eigenvalue weighted by atomic mass is 10.1. The maximum Gasteiger partial charge on any atom is 0.264 e. The minimum absolute atomic E-state index is 0.0222. The predicted molar refractivity (Wildman–Crippen MR) is 162 cm³/mol. The molecule has 0 spiro atoms. The summed E-state index contributed by atoms with van der Waals surface area (Å²) in [7, 11) is -4.25. The second-order valence-electron chi connectivity index (χ2n) is 9.01. The van der Waals surface area contributed by atoms with E-state index in [-0.39, 0.29) is 33.1 Å². The zero-order valence-corrected chi connectivity index (χ0v) is 25.8. The number of hydrogen-bond acceptors (Lipinski definition) is 4. The summed E-state index contributed by atoms with van der Waals surface area (Å²) in [4.78, 5) is 28.2. The number of hydrogen-bond donors (Lipinski definition) is 1. The van der Waals surface area contributed by atoms with Crippen molar-refractivity contribution in [1.29, 1.82) is 0 Å². The highest BCUT2D eigenvalue weighted by molar-refractivity contribution is 7.92. The van der Waals surface area contributed by atoms with Crippen LogP contribution in [-0.2, 0) is 26.2 Å². The van der Waals surface area contributed by atoms with Crippen molar-refractivity contribution in [2.45, 2.75) is 44.2 Å². The number of amides is 2. The number of benzene rings is 3. The molecule has 0 aliphatic rings. The maximum atomic E-state index is 13.9. The van der Waals surface area contributed by atoms with Crippen molar-refractivity contribution in [2.75, 3.05) is 17.4 Å². The SMILES string of the molecule is CCCCNC(=O)C(C)N(Cc1ccc(Cl)c(Cl)c1)C(=O)CN(c1ccc(Cl)cc1Cl)S(=O)(=O)c1ccccc1. The molecule has 0 aliphatic heterocycles. The summed E-state index contributed by atoms with van der Waals surface area (Å²) >= 11 is 24.7. The van der Waals surface area contributed by atoms with Gasteiger partial charge in [-0.05, 0) is 61.4 Å². The molecule has 214 valence electrons. The Morgan fingerprint density at radius 3 is 2.23 bits per heavy atom. The van der Waals surface area contributed by atoms with Gasteiger partial charge in [0.25, 0.3) is 10.0 Å². The summed E-state index contributed by atoms with van der Waals surface area (Å²) in [6.07, 6.45) is 1.66.